The number of likely N-dealkylation sites (N-methyl/N-ethyl adjacent to an activating group) is 1. The third-order valence-electron chi connectivity index (χ3n) is 3.87. The largest absolute Gasteiger partial charge is 0.377 e. The molecule has 3 nitrogen and oxygen atoms in total. The minimum Gasteiger partial charge on any atom is -0.377 e. The molecule has 2 atom stereocenters. The van der Waals surface area contributed by atoms with Gasteiger partial charge in [0.1, 0.15) is 0 Å². The van der Waals surface area contributed by atoms with Crippen LogP contribution in [0.2, 0.25) is 0 Å². The topological polar surface area (TPSA) is 38.5 Å². The van der Waals surface area contributed by atoms with E-state index < -0.39 is 0 Å². The van der Waals surface area contributed by atoms with Crippen molar-refractivity contribution in [2.45, 2.75) is 57.7 Å². The van der Waals surface area contributed by atoms with E-state index in [-0.39, 0.29) is 5.54 Å². The van der Waals surface area contributed by atoms with Crippen LogP contribution in [0.25, 0.3) is 0 Å². The Kier molecular flexibility index (Phi) is 4.56. The SMILES string of the molecule is CCC(N)(CC)CN(C)C1CCOC1C. The summed E-state index contributed by atoms with van der Waals surface area (Å²) in [6.45, 7) is 8.37. The molecule has 0 aromatic rings. The first-order valence-electron chi connectivity index (χ1n) is 6.13. The maximum absolute atomic E-state index is 6.33. The first-order chi connectivity index (χ1) is 7.02. The van der Waals surface area contributed by atoms with Gasteiger partial charge in [-0.2, -0.15) is 0 Å². The molecule has 0 radical (unpaired) electrons. The molecular weight excluding hydrogens is 188 g/mol. The number of nitrogens with zero attached hydrogens (tertiary/aromatic N) is 1. The molecule has 15 heavy (non-hydrogen) atoms. The average Bonchev–Trinajstić information content (AvgIpc) is 2.64. The van der Waals surface area contributed by atoms with Gasteiger partial charge in [-0.15, -0.1) is 0 Å². The lowest BCUT2D eigenvalue weighted by molar-refractivity contribution is 0.0743. The summed E-state index contributed by atoms with van der Waals surface area (Å²) in [5.74, 6) is 0. The smallest absolute Gasteiger partial charge is 0.0702 e. The van der Waals surface area contributed by atoms with Crippen LogP contribution in [0.4, 0.5) is 0 Å². The van der Waals surface area contributed by atoms with Crippen molar-refractivity contribution in [3.05, 3.63) is 0 Å². The second-order valence-corrected chi connectivity index (χ2v) is 4.92. The molecule has 3 heteroatoms. The van der Waals surface area contributed by atoms with Crippen molar-refractivity contribution in [1.82, 2.24) is 4.90 Å². The summed E-state index contributed by atoms with van der Waals surface area (Å²) >= 11 is 0. The van der Waals surface area contributed by atoms with Gasteiger partial charge in [-0.25, -0.2) is 0 Å². The highest BCUT2D eigenvalue weighted by Gasteiger charge is 2.31. The van der Waals surface area contributed by atoms with E-state index in [9.17, 15) is 0 Å². The Labute approximate surface area is 94.0 Å². The Balaban J connectivity index is 2.50. The maximum Gasteiger partial charge on any atom is 0.0702 e. The summed E-state index contributed by atoms with van der Waals surface area (Å²) in [4.78, 5) is 2.38. The highest BCUT2D eigenvalue weighted by Crippen LogP contribution is 2.21. The molecule has 1 saturated heterocycles. The Morgan fingerprint density at radius 1 is 1.40 bits per heavy atom. The molecule has 1 aliphatic rings. The lowest BCUT2D eigenvalue weighted by Crippen LogP contribution is -2.52. The van der Waals surface area contributed by atoms with Crippen molar-refractivity contribution in [3.8, 4) is 0 Å². The molecular formula is C12H26N2O. The van der Waals surface area contributed by atoms with Crippen LogP contribution in [0.1, 0.15) is 40.0 Å². The Morgan fingerprint density at radius 2 is 2.00 bits per heavy atom. The minimum absolute atomic E-state index is 0.0307. The Morgan fingerprint density at radius 3 is 2.40 bits per heavy atom. The number of rotatable bonds is 5. The quantitative estimate of drug-likeness (QED) is 0.755. The molecule has 0 spiro atoms. The summed E-state index contributed by atoms with van der Waals surface area (Å²) < 4.78 is 5.59. The summed E-state index contributed by atoms with van der Waals surface area (Å²) in [5.41, 5.74) is 6.30. The van der Waals surface area contributed by atoms with Crippen LogP contribution in [-0.4, -0.2) is 42.8 Å². The third kappa shape index (κ3) is 3.16. The molecule has 1 heterocycles. The zero-order valence-corrected chi connectivity index (χ0v) is 10.6. The second-order valence-electron chi connectivity index (χ2n) is 4.92. The summed E-state index contributed by atoms with van der Waals surface area (Å²) in [5, 5.41) is 0. The van der Waals surface area contributed by atoms with Gasteiger partial charge < -0.3 is 10.5 Å². The monoisotopic (exact) mass is 214 g/mol. The van der Waals surface area contributed by atoms with Crippen molar-refractivity contribution in [2.24, 2.45) is 5.73 Å². The van der Waals surface area contributed by atoms with Crippen molar-refractivity contribution >= 4 is 0 Å². The van der Waals surface area contributed by atoms with E-state index in [0.717, 1.165) is 32.4 Å². The fraction of sp³-hybridized carbons (Fsp3) is 1.00. The lowest BCUT2D eigenvalue weighted by Gasteiger charge is -2.35. The van der Waals surface area contributed by atoms with Crippen molar-refractivity contribution in [3.63, 3.8) is 0 Å². The third-order valence-corrected chi connectivity index (χ3v) is 3.87. The summed E-state index contributed by atoms with van der Waals surface area (Å²) in [6.07, 6.45) is 3.57. The van der Waals surface area contributed by atoms with Gasteiger partial charge in [0.15, 0.2) is 0 Å². The normalized spacial score (nSPS) is 27.6. The van der Waals surface area contributed by atoms with E-state index in [4.69, 9.17) is 10.5 Å². The summed E-state index contributed by atoms with van der Waals surface area (Å²) in [6, 6.07) is 0.547. The van der Waals surface area contributed by atoms with Gasteiger partial charge in [-0.1, -0.05) is 13.8 Å². The Hall–Kier alpha value is -0.120. The highest BCUT2D eigenvalue weighted by molar-refractivity contribution is 4.89. The molecule has 0 bridgehead atoms. The van der Waals surface area contributed by atoms with Gasteiger partial charge in [0.2, 0.25) is 0 Å². The first kappa shape index (κ1) is 12.9. The molecule has 0 aliphatic carbocycles. The molecule has 0 amide bonds. The lowest BCUT2D eigenvalue weighted by atomic mass is 9.92. The van der Waals surface area contributed by atoms with Crippen LogP contribution in [-0.2, 0) is 4.74 Å². The molecule has 2 unspecified atom stereocenters. The number of nitrogens with two attached hydrogens (primary N) is 1. The van der Waals surface area contributed by atoms with E-state index >= 15 is 0 Å². The molecule has 0 aromatic carbocycles. The van der Waals surface area contributed by atoms with Crippen LogP contribution < -0.4 is 5.73 Å². The van der Waals surface area contributed by atoms with E-state index in [1.54, 1.807) is 0 Å². The van der Waals surface area contributed by atoms with Gasteiger partial charge in [0, 0.05) is 24.7 Å². The Bertz CT molecular complexity index is 192. The maximum atomic E-state index is 6.33. The number of hydrogen-bond donors (Lipinski definition) is 1. The standard InChI is InChI=1S/C12H26N2O/c1-5-12(13,6-2)9-14(4)11-7-8-15-10(11)3/h10-11H,5-9,13H2,1-4H3. The van der Waals surface area contributed by atoms with E-state index in [1.807, 2.05) is 0 Å². The van der Waals surface area contributed by atoms with E-state index in [1.165, 1.54) is 0 Å². The molecule has 1 fully saturated rings. The van der Waals surface area contributed by atoms with Crippen molar-refractivity contribution < 1.29 is 4.74 Å². The van der Waals surface area contributed by atoms with Crippen LogP contribution >= 0.6 is 0 Å². The van der Waals surface area contributed by atoms with Crippen LogP contribution in [0.5, 0.6) is 0 Å². The second kappa shape index (κ2) is 5.28. The predicted molar refractivity (Wildman–Crippen MR) is 63.9 cm³/mol. The van der Waals surface area contributed by atoms with Crippen molar-refractivity contribution in [1.29, 1.82) is 0 Å². The van der Waals surface area contributed by atoms with E-state index in [0.29, 0.717) is 12.1 Å². The van der Waals surface area contributed by atoms with Gasteiger partial charge in [0.05, 0.1) is 6.10 Å². The zero-order valence-electron chi connectivity index (χ0n) is 10.6. The van der Waals surface area contributed by atoms with Gasteiger partial charge in [-0.3, -0.25) is 4.90 Å². The number of hydrogen-bond acceptors (Lipinski definition) is 3. The average molecular weight is 214 g/mol. The molecule has 0 aromatic heterocycles. The predicted octanol–water partition coefficient (Wildman–Crippen LogP) is 1.61. The van der Waals surface area contributed by atoms with Crippen LogP contribution in [0.3, 0.4) is 0 Å². The van der Waals surface area contributed by atoms with E-state index in [2.05, 4.69) is 32.7 Å². The minimum atomic E-state index is -0.0307. The van der Waals surface area contributed by atoms with Crippen LogP contribution in [0.15, 0.2) is 0 Å². The van der Waals surface area contributed by atoms with Gasteiger partial charge in [-0.05, 0) is 33.2 Å². The van der Waals surface area contributed by atoms with Gasteiger partial charge in [0.25, 0.3) is 0 Å². The van der Waals surface area contributed by atoms with Gasteiger partial charge >= 0.3 is 0 Å². The highest BCUT2D eigenvalue weighted by atomic mass is 16.5. The molecule has 1 rings (SSSR count). The zero-order chi connectivity index (χ0) is 11.5. The molecule has 0 saturated carbocycles. The van der Waals surface area contributed by atoms with Crippen LogP contribution in [0, 0.1) is 0 Å². The molecule has 90 valence electrons. The summed E-state index contributed by atoms with van der Waals surface area (Å²) in [7, 11) is 2.17. The fourth-order valence-corrected chi connectivity index (χ4v) is 2.39. The number of ether oxygens (including phenoxy) is 1. The fourth-order valence-electron chi connectivity index (χ4n) is 2.39. The molecule has 2 N–H and O–H groups in total. The first-order valence-corrected chi connectivity index (χ1v) is 6.13. The molecule has 1 aliphatic heterocycles. The van der Waals surface area contributed by atoms with Crippen molar-refractivity contribution in [2.75, 3.05) is 20.2 Å².